The van der Waals surface area contributed by atoms with E-state index in [-0.39, 0.29) is 41.6 Å². The fraction of sp³-hybridized carbons (Fsp3) is 0.364. The first-order valence-electron chi connectivity index (χ1n) is 9.64. The Balaban J connectivity index is 0.00000300. The fourth-order valence-electron chi connectivity index (χ4n) is 3.41. The van der Waals surface area contributed by atoms with Gasteiger partial charge in [-0.1, -0.05) is 42.5 Å². The van der Waals surface area contributed by atoms with Crippen LogP contribution in [0.4, 0.5) is 4.39 Å². The van der Waals surface area contributed by atoms with Crippen LogP contribution in [0.2, 0.25) is 0 Å². The van der Waals surface area contributed by atoms with Gasteiger partial charge in [-0.2, -0.15) is 0 Å². The molecule has 0 spiro atoms. The maximum Gasteiger partial charge on any atom is 0.223 e. The molecule has 0 saturated carbocycles. The summed E-state index contributed by atoms with van der Waals surface area (Å²) in [6, 6.07) is 16.7. The molecule has 1 fully saturated rings. The molecular formula is C22H28FIN4O. The number of carbonyl (C=O) groups excluding carboxylic acids is 1. The Morgan fingerprint density at radius 1 is 1.14 bits per heavy atom. The van der Waals surface area contributed by atoms with Crippen molar-refractivity contribution in [2.45, 2.75) is 19.4 Å². The maximum absolute atomic E-state index is 13.3. The van der Waals surface area contributed by atoms with E-state index < -0.39 is 0 Å². The Hall–Kier alpha value is -2.16. The molecule has 2 aromatic rings. The molecule has 29 heavy (non-hydrogen) atoms. The van der Waals surface area contributed by atoms with Gasteiger partial charge in [-0.25, -0.2) is 4.39 Å². The second kappa shape index (κ2) is 11.7. The Bertz CT molecular complexity index is 815. The zero-order chi connectivity index (χ0) is 19.8. The molecule has 1 heterocycles. The van der Waals surface area contributed by atoms with Gasteiger partial charge in [0.1, 0.15) is 5.82 Å². The Labute approximate surface area is 188 Å². The lowest BCUT2D eigenvalue weighted by Gasteiger charge is -2.18. The van der Waals surface area contributed by atoms with Gasteiger partial charge in [0.2, 0.25) is 5.91 Å². The zero-order valence-corrected chi connectivity index (χ0v) is 18.9. The third-order valence-electron chi connectivity index (χ3n) is 4.94. The lowest BCUT2D eigenvalue weighted by molar-refractivity contribution is -0.127. The molecule has 5 nitrogen and oxygen atoms in total. The number of aliphatic imine (C=N–C) groups is 1. The summed E-state index contributed by atoms with van der Waals surface area (Å²) in [6.45, 7) is 2.69. The maximum atomic E-state index is 13.3. The standard InChI is InChI=1S/C22H27FN4O.HI/c1-24-22(25-14-18-8-5-9-20(23)12-18)26-15-19-13-21(28)27(16-19)11-10-17-6-3-2-4-7-17;/h2-9,12,19H,10-11,13-16H2,1H3,(H2,24,25,26);1H. The van der Waals surface area contributed by atoms with E-state index in [4.69, 9.17) is 0 Å². The van der Waals surface area contributed by atoms with Crippen molar-refractivity contribution in [2.24, 2.45) is 10.9 Å². The van der Waals surface area contributed by atoms with Gasteiger partial charge in [-0.05, 0) is 29.7 Å². The number of halogens is 2. The molecule has 2 aromatic carbocycles. The first-order valence-corrected chi connectivity index (χ1v) is 9.64. The van der Waals surface area contributed by atoms with E-state index >= 15 is 0 Å². The van der Waals surface area contributed by atoms with Crippen LogP contribution in [0.25, 0.3) is 0 Å². The van der Waals surface area contributed by atoms with Crippen LogP contribution in [0.1, 0.15) is 17.5 Å². The highest BCUT2D eigenvalue weighted by molar-refractivity contribution is 14.0. The normalized spacial score (nSPS) is 16.5. The minimum Gasteiger partial charge on any atom is -0.356 e. The molecule has 1 saturated heterocycles. The predicted octanol–water partition coefficient (Wildman–Crippen LogP) is 3.20. The van der Waals surface area contributed by atoms with E-state index in [0.717, 1.165) is 25.1 Å². The molecule has 3 rings (SSSR count). The predicted molar refractivity (Wildman–Crippen MR) is 125 cm³/mol. The fourth-order valence-corrected chi connectivity index (χ4v) is 3.41. The summed E-state index contributed by atoms with van der Waals surface area (Å²) in [7, 11) is 1.70. The quantitative estimate of drug-likeness (QED) is 0.342. The van der Waals surface area contributed by atoms with Crippen molar-refractivity contribution in [1.29, 1.82) is 0 Å². The summed E-state index contributed by atoms with van der Waals surface area (Å²) in [5.41, 5.74) is 2.10. The number of likely N-dealkylation sites (tertiary alicyclic amines) is 1. The minimum absolute atomic E-state index is 0. The van der Waals surface area contributed by atoms with Crippen LogP contribution in [-0.4, -0.2) is 43.4 Å². The Morgan fingerprint density at radius 3 is 2.62 bits per heavy atom. The average Bonchev–Trinajstić information content (AvgIpc) is 3.07. The molecular weight excluding hydrogens is 482 g/mol. The molecule has 1 aliphatic heterocycles. The van der Waals surface area contributed by atoms with E-state index in [1.54, 1.807) is 13.1 Å². The number of carbonyl (C=O) groups is 1. The highest BCUT2D eigenvalue weighted by Gasteiger charge is 2.29. The molecule has 0 bridgehead atoms. The lowest BCUT2D eigenvalue weighted by Crippen LogP contribution is -2.40. The highest BCUT2D eigenvalue weighted by atomic mass is 127. The van der Waals surface area contributed by atoms with Crippen LogP contribution < -0.4 is 10.6 Å². The van der Waals surface area contributed by atoms with Crippen LogP contribution in [0.15, 0.2) is 59.6 Å². The first kappa shape index (κ1) is 23.1. The van der Waals surface area contributed by atoms with Crippen LogP contribution >= 0.6 is 24.0 Å². The van der Waals surface area contributed by atoms with Gasteiger partial charge in [-0.3, -0.25) is 9.79 Å². The molecule has 7 heteroatoms. The SMILES string of the molecule is CN=C(NCc1cccc(F)c1)NCC1CC(=O)N(CCc2ccccc2)C1.I. The summed E-state index contributed by atoms with van der Waals surface area (Å²) >= 11 is 0. The number of hydrogen-bond donors (Lipinski definition) is 2. The van der Waals surface area contributed by atoms with Gasteiger partial charge in [0.05, 0.1) is 0 Å². The van der Waals surface area contributed by atoms with E-state index in [2.05, 4.69) is 27.8 Å². The average molecular weight is 510 g/mol. The molecule has 156 valence electrons. The van der Waals surface area contributed by atoms with E-state index in [0.29, 0.717) is 25.5 Å². The van der Waals surface area contributed by atoms with Gasteiger partial charge < -0.3 is 15.5 Å². The molecule has 1 amide bonds. The monoisotopic (exact) mass is 510 g/mol. The van der Waals surface area contributed by atoms with Crippen molar-refractivity contribution < 1.29 is 9.18 Å². The number of amides is 1. The summed E-state index contributed by atoms with van der Waals surface area (Å²) in [5, 5.41) is 6.46. The van der Waals surface area contributed by atoms with Crippen LogP contribution in [0.5, 0.6) is 0 Å². The number of rotatable bonds is 7. The van der Waals surface area contributed by atoms with E-state index in [9.17, 15) is 9.18 Å². The van der Waals surface area contributed by atoms with Crippen LogP contribution in [-0.2, 0) is 17.8 Å². The van der Waals surface area contributed by atoms with Crippen LogP contribution in [0.3, 0.4) is 0 Å². The van der Waals surface area contributed by atoms with Gasteiger partial charge in [0.25, 0.3) is 0 Å². The number of benzene rings is 2. The van der Waals surface area contributed by atoms with Gasteiger partial charge in [0, 0.05) is 45.6 Å². The van der Waals surface area contributed by atoms with Gasteiger partial charge >= 0.3 is 0 Å². The van der Waals surface area contributed by atoms with E-state index in [1.165, 1.54) is 17.7 Å². The molecule has 1 atom stereocenters. The number of hydrogen-bond acceptors (Lipinski definition) is 2. The van der Waals surface area contributed by atoms with Gasteiger partial charge in [-0.15, -0.1) is 24.0 Å². The molecule has 0 aliphatic carbocycles. The number of nitrogens with zero attached hydrogens (tertiary/aromatic N) is 2. The molecule has 1 aliphatic rings. The topological polar surface area (TPSA) is 56.7 Å². The highest BCUT2D eigenvalue weighted by Crippen LogP contribution is 2.17. The second-order valence-corrected chi connectivity index (χ2v) is 7.08. The largest absolute Gasteiger partial charge is 0.356 e. The van der Waals surface area contributed by atoms with Crippen molar-refractivity contribution in [3.8, 4) is 0 Å². The van der Waals surface area contributed by atoms with Crippen molar-refractivity contribution >= 4 is 35.8 Å². The van der Waals surface area contributed by atoms with Gasteiger partial charge in [0.15, 0.2) is 5.96 Å². The first-order chi connectivity index (χ1) is 13.6. The second-order valence-electron chi connectivity index (χ2n) is 7.08. The molecule has 2 N–H and O–H groups in total. The lowest BCUT2D eigenvalue weighted by atomic mass is 10.1. The molecule has 0 radical (unpaired) electrons. The Morgan fingerprint density at radius 2 is 1.90 bits per heavy atom. The minimum atomic E-state index is -0.248. The van der Waals surface area contributed by atoms with E-state index in [1.807, 2.05) is 29.2 Å². The zero-order valence-electron chi connectivity index (χ0n) is 16.6. The third kappa shape index (κ3) is 7.30. The molecule has 0 aromatic heterocycles. The summed E-state index contributed by atoms with van der Waals surface area (Å²) < 4.78 is 13.3. The van der Waals surface area contributed by atoms with Crippen molar-refractivity contribution in [2.75, 3.05) is 26.7 Å². The smallest absolute Gasteiger partial charge is 0.223 e. The number of nitrogens with one attached hydrogen (secondary N) is 2. The summed E-state index contributed by atoms with van der Waals surface area (Å²) in [5.74, 6) is 0.878. The van der Waals surface area contributed by atoms with Crippen LogP contribution in [0, 0.1) is 11.7 Å². The summed E-state index contributed by atoms with van der Waals surface area (Å²) in [6.07, 6.45) is 1.44. The third-order valence-corrected chi connectivity index (χ3v) is 4.94. The Kier molecular flexibility index (Phi) is 9.37. The van der Waals surface area contributed by atoms with Crippen molar-refractivity contribution in [3.05, 3.63) is 71.5 Å². The molecule has 1 unspecified atom stereocenters. The number of guanidine groups is 1. The van der Waals surface area contributed by atoms with Crippen molar-refractivity contribution in [3.63, 3.8) is 0 Å². The van der Waals surface area contributed by atoms with Crippen molar-refractivity contribution in [1.82, 2.24) is 15.5 Å². The summed E-state index contributed by atoms with van der Waals surface area (Å²) in [4.78, 5) is 18.4.